The van der Waals surface area contributed by atoms with Crippen molar-refractivity contribution in [2.45, 2.75) is 0 Å². The minimum atomic E-state index is 0. The van der Waals surface area contributed by atoms with Gasteiger partial charge >= 0.3 is 23.1 Å². The molecule has 0 rings (SSSR count). The van der Waals surface area contributed by atoms with Crippen LogP contribution in [-0.2, 0) is 36.5 Å². The zero-order chi connectivity index (χ0) is 0. The van der Waals surface area contributed by atoms with Crippen molar-refractivity contribution in [3.63, 3.8) is 0 Å². The first-order valence-corrected chi connectivity index (χ1v) is 0. The summed E-state index contributed by atoms with van der Waals surface area (Å²) in [6.07, 6.45) is 0. The Bertz CT molecular complexity index is 8.00. The fraction of sp³-hybridized carbons (Fsp3) is 0. The third kappa shape index (κ3) is 9.12. The second kappa shape index (κ2) is 20.9. The molecule has 2 N–H and O–H groups in total. The van der Waals surface area contributed by atoms with Crippen LogP contribution in [0.15, 0.2) is 0 Å². The molecule has 0 aliphatic carbocycles. The van der Waals surface area contributed by atoms with E-state index in [1.165, 1.54) is 0 Å². The summed E-state index contributed by atoms with van der Waals surface area (Å²) in [6, 6.07) is 0. The topological polar surface area (TPSA) is 31.5 Å². The van der Waals surface area contributed by atoms with Gasteiger partial charge in [-0.3, -0.25) is 0 Å². The van der Waals surface area contributed by atoms with E-state index in [1.807, 2.05) is 0 Å². The van der Waals surface area contributed by atoms with Crippen molar-refractivity contribution in [1.29, 1.82) is 0 Å². The number of rotatable bonds is 0. The van der Waals surface area contributed by atoms with Crippen LogP contribution in [0.3, 0.4) is 0 Å². The predicted octanol–water partition coefficient (Wildman–Crippen LogP) is -1.75. The van der Waals surface area contributed by atoms with Gasteiger partial charge in [0.25, 0.3) is 0 Å². The van der Waals surface area contributed by atoms with Gasteiger partial charge in [-0.1, -0.05) is 0 Å². The van der Waals surface area contributed by atoms with Crippen LogP contribution in [0.25, 0.3) is 0 Å². The van der Waals surface area contributed by atoms with E-state index in [0.717, 1.165) is 0 Å². The summed E-state index contributed by atoms with van der Waals surface area (Å²) < 4.78 is 0. The maximum atomic E-state index is 0. The van der Waals surface area contributed by atoms with Crippen LogP contribution < -0.4 is 0 Å². The third-order valence-electron chi connectivity index (χ3n) is 0. The molecule has 0 fully saturated rings. The average Bonchev–Trinajstić information content (AvgIpc) is 0. The van der Waals surface area contributed by atoms with Crippen molar-refractivity contribution in [2.24, 2.45) is 0 Å². The molecular weight excluding hydrogens is 169 g/mol. The normalized spacial score (nSPS) is 0. The molecule has 4 heteroatoms. The summed E-state index contributed by atoms with van der Waals surface area (Å²) in [7, 11) is 0. The van der Waals surface area contributed by atoms with Crippen molar-refractivity contribution in [3.05, 3.63) is 0 Å². The molecule has 0 saturated carbocycles. The van der Waals surface area contributed by atoms with Gasteiger partial charge in [-0.2, -0.15) is 0 Å². The van der Waals surface area contributed by atoms with Gasteiger partial charge in [0.15, 0.2) is 0 Å². The molecule has 0 heterocycles. The molecule has 1 radical (unpaired) electrons. The smallest absolute Gasteiger partial charge is 0.316 e. The Labute approximate surface area is 64.6 Å². The Kier molecular flexibility index (Phi) is 208. The van der Waals surface area contributed by atoms with Crippen LogP contribution in [0, 0.1) is 0 Å². The summed E-state index contributed by atoms with van der Waals surface area (Å²) in [5.41, 5.74) is 0. The summed E-state index contributed by atoms with van der Waals surface area (Å²) in [5.74, 6) is 0. The minimum absolute atomic E-state index is 0. The molecule has 0 aromatic carbocycles. The largest absolute Gasteiger partial charge is 0.412 e. The zero-order valence-electron chi connectivity index (χ0n) is 1.51. The quantitative estimate of drug-likeness (QED) is 0.389. The van der Waals surface area contributed by atoms with E-state index in [-0.39, 0.29) is 65.1 Å². The Morgan fingerprint density at radius 2 is 1.00 bits per heavy atom. The number of hydrogen-bond donors (Lipinski definition) is 0. The Morgan fingerprint density at radius 1 is 1.00 bits per heavy atom. The van der Waals surface area contributed by atoms with Crippen molar-refractivity contribution in [2.75, 3.05) is 0 Å². The summed E-state index contributed by atoms with van der Waals surface area (Å²) in [5, 5.41) is 0. The molecule has 0 amide bonds. The van der Waals surface area contributed by atoms with Gasteiger partial charge in [0.05, 0.1) is 0 Å². The second-order valence-corrected chi connectivity index (χ2v) is 0. The van der Waals surface area contributed by atoms with E-state index >= 15 is 0 Å². The van der Waals surface area contributed by atoms with Crippen molar-refractivity contribution >= 4 is 23.1 Å². The van der Waals surface area contributed by atoms with Crippen LogP contribution in [-0.4, -0.2) is 28.5 Å². The van der Waals surface area contributed by atoms with Gasteiger partial charge in [0, 0.05) is 36.5 Å². The van der Waals surface area contributed by atoms with E-state index in [9.17, 15) is 0 Å². The standard InChI is InChI=1S/Cu.Mg.H2O.Zn.2H/h;;1H2;;;. The fourth-order valence-electron chi connectivity index (χ4n) is 0. The second-order valence-electron chi connectivity index (χ2n) is 0. The molecule has 0 aromatic heterocycles. The SMILES string of the molecule is O.[Cu].[MgH2].[Zn]. The van der Waals surface area contributed by atoms with Crippen molar-refractivity contribution < 1.29 is 42.0 Å². The van der Waals surface area contributed by atoms with Crippen LogP contribution in [0.2, 0.25) is 0 Å². The maximum Gasteiger partial charge on any atom is 0.316 e. The molecule has 0 saturated heterocycles. The van der Waals surface area contributed by atoms with Gasteiger partial charge < -0.3 is 5.48 Å². The van der Waals surface area contributed by atoms with E-state index in [2.05, 4.69) is 0 Å². The van der Waals surface area contributed by atoms with E-state index in [1.54, 1.807) is 0 Å². The summed E-state index contributed by atoms with van der Waals surface area (Å²) in [4.78, 5) is 0. The average molecular weight is 173 g/mol. The van der Waals surface area contributed by atoms with Crippen LogP contribution in [0.1, 0.15) is 0 Å². The Morgan fingerprint density at radius 3 is 1.00 bits per heavy atom. The van der Waals surface area contributed by atoms with Gasteiger partial charge in [0.2, 0.25) is 0 Å². The molecule has 25 valence electrons. The summed E-state index contributed by atoms with van der Waals surface area (Å²) >= 11 is 0. The first-order chi connectivity index (χ1) is 0. The molecule has 0 aliphatic rings. The molecule has 1 nitrogen and oxygen atoms in total. The molecule has 4 heavy (non-hydrogen) atoms. The fourth-order valence-corrected chi connectivity index (χ4v) is 0. The maximum absolute atomic E-state index is 0. The van der Waals surface area contributed by atoms with Crippen molar-refractivity contribution in [3.8, 4) is 0 Å². The molecular formula is H4CuMgOZn. The first kappa shape index (κ1) is 39.8. The zero-order valence-corrected chi connectivity index (χ0v) is 5.42. The summed E-state index contributed by atoms with van der Waals surface area (Å²) in [6.45, 7) is 0. The van der Waals surface area contributed by atoms with E-state index in [4.69, 9.17) is 0 Å². The van der Waals surface area contributed by atoms with Crippen molar-refractivity contribution in [1.82, 2.24) is 0 Å². The Hall–Kier alpha value is 1.87. The minimum Gasteiger partial charge on any atom is -0.412 e. The third-order valence-corrected chi connectivity index (χ3v) is 0. The number of hydrogen-bond acceptors (Lipinski definition) is 0. The van der Waals surface area contributed by atoms with E-state index < -0.39 is 0 Å². The molecule has 0 unspecified atom stereocenters. The van der Waals surface area contributed by atoms with Crippen LogP contribution in [0.4, 0.5) is 0 Å². The van der Waals surface area contributed by atoms with E-state index in [0.29, 0.717) is 0 Å². The monoisotopic (exact) mass is 171 g/mol. The Balaban J connectivity index is 0. The van der Waals surface area contributed by atoms with Gasteiger partial charge in [0.1, 0.15) is 0 Å². The van der Waals surface area contributed by atoms with Crippen LogP contribution >= 0.6 is 0 Å². The molecule has 0 aliphatic heterocycles. The first-order valence-electron chi connectivity index (χ1n) is 0. The molecule has 0 atom stereocenters. The molecule has 0 aromatic rings. The molecule has 0 spiro atoms. The van der Waals surface area contributed by atoms with Gasteiger partial charge in [-0.25, -0.2) is 0 Å². The molecule has 0 bridgehead atoms. The van der Waals surface area contributed by atoms with Gasteiger partial charge in [-0.15, -0.1) is 0 Å². The predicted molar refractivity (Wildman–Crippen MR) is 12.2 cm³/mol. The van der Waals surface area contributed by atoms with Crippen LogP contribution in [0.5, 0.6) is 0 Å². The van der Waals surface area contributed by atoms with Gasteiger partial charge in [-0.05, 0) is 0 Å².